The Kier molecular flexibility index (Phi) is 5.13. The van der Waals surface area contributed by atoms with Crippen molar-refractivity contribution in [3.8, 4) is 0 Å². The van der Waals surface area contributed by atoms with Crippen LogP contribution >= 0.6 is 11.6 Å². The minimum Gasteiger partial charge on any atom is -0.374 e. The van der Waals surface area contributed by atoms with Gasteiger partial charge in [0.2, 0.25) is 0 Å². The SMILES string of the molecule is CC1CCC(CNCC2(CCl)CCCCC2)O1. The molecule has 2 unspecified atom stereocenters. The second kappa shape index (κ2) is 6.40. The van der Waals surface area contributed by atoms with Gasteiger partial charge in [0.15, 0.2) is 0 Å². The maximum absolute atomic E-state index is 6.18. The van der Waals surface area contributed by atoms with E-state index in [1.54, 1.807) is 0 Å². The van der Waals surface area contributed by atoms with E-state index in [1.165, 1.54) is 44.9 Å². The summed E-state index contributed by atoms with van der Waals surface area (Å²) in [6, 6.07) is 0. The number of ether oxygens (including phenoxy) is 1. The van der Waals surface area contributed by atoms with Gasteiger partial charge >= 0.3 is 0 Å². The third-order valence-corrected chi connectivity index (χ3v) is 4.96. The smallest absolute Gasteiger partial charge is 0.0704 e. The zero-order chi connectivity index (χ0) is 12.1. The Labute approximate surface area is 110 Å². The molecule has 2 fully saturated rings. The van der Waals surface area contributed by atoms with Gasteiger partial charge in [-0.1, -0.05) is 19.3 Å². The fourth-order valence-electron chi connectivity index (χ4n) is 3.19. The van der Waals surface area contributed by atoms with Crippen LogP contribution in [0.2, 0.25) is 0 Å². The van der Waals surface area contributed by atoms with Crippen molar-refractivity contribution in [2.75, 3.05) is 19.0 Å². The largest absolute Gasteiger partial charge is 0.374 e. The van der Waals surface area contributed by atoms with Crippen molar-refractivity contribution in [2.45, 2.75) is 64.1 Å². The molecule has 1 aliphatic carbocycles. The summed E-state index contributed by atoms with van der Waals surface area (Å²) in [5, 5.41) is 3.60. The quantitative estimate of drug-likeness (QED) is 0.765. The number of nitrogens with one attached hydrogen (secondary N) is 1. The average Bonchev–Trinajstić information content (AvgIpc) is 2.76. The molecule has 0 spiro atoms. The van der Waals surface area contributed by atoms with Crippen LogP contribution in [0, 0.1) is 5.41 Å². The molecule has 1 aliphatic heterocycles. The van der Waals surface area contributed by atoms with E-state index in [4.69, 9.17) is 16.3 Å². The highest BCUT2D eigenvalue weighted by Gasteiger charge is 2.31. The second-order valence-electron chi connectivity index (χ2n) is 5.97. The molecule has 1 heterocycles. The molecule has 17 heavy (non-hydrogen) atoms. The topological polar surface area (TPSA) is 21.3 Å². The maximum atomic E-state index is 6.18. The highest BCUT2D eigenvalue weighted by Crippen LogP contribution is 2.36. The minimum absolute atomic E-state index is 0.365. The summed E-state index contributed by atoms with van der Waals surface area (Å²) in [5.41, 5.74) is 0.365. The maximum Gasteiger partial charge on any atom is 0.0704 e. The van der Waals surface area contributed by atoms with Gasteiger partial charge in [-0.2, -0.15) is 0 Å². The molecule has 3 heteroatoms. The molecular weight excluding hydrogens is 234 g/mol. The molecule has 0 aromatic carbocycles. The van der Waals surface area contributed by atoms with Gasteiger partial charge in [0, 0.05) is 19.0 Å². The van der Waals surface area contributed by atoms with Crippen LogP contribution in [0.25, 0.3) is 0 Å². The lowest BCUT2D eigenvalue weighted by atomic mass is 9.75. The van der Waals surface area contributed by atoms with E-state index in [0.29, 0.717) is 17.6 Å². The van der Waals surface area contributed by atoms with Crippen molar-refractivity contribution in [1.29, 1.82) is 0 Å². The first-order valence-corrected chi connectivity index (χ1v) is 7.70. The van der Waals surface area contributed by atoms with Gasteiger partial charge in [-0.05, 0) is 38.0 Å². The Morgan fingerprint density at radius 2 is 2.00 bits per heavy atom. The Morgan fingerprint density at radius 1 is 1.24 bits per heavy atom. The van der Waals surface area contributed by atoms with Gasteiger partial charge in [0.05, 0.1) is 12.2 Å². The molecule has 2 atom stereocenters. The molecule has 1 N–H and O–H groups in total. The molecule has 0 aromatic rings. The first-order chi connectivity index (χ1) is 8.24. The lowest BCUT2D eigenvalue weighted by Gasteiger charge is -2.36. The van der Waals surface area contributed by atoms with Crippen LogP contribution in [0.4, 0.5) is 0 Å². The number of halogens is 1. The Hall–Kier alpha value is 0.210. The van der Waals surface area contributed by atoms with Gasteiger partial charge in [0.1, 0.15) is 0 Å². The van der Waals surface area contributed by atoms with Crippen LogP contribution in [0.15, 0.2) is 0 Å². The lowest BCUT2D eigenvalue weighted by molar-refractivity contribution is 0.0535. The first kappa shape index (κ1) is 13.6. The van der Waals surface area contributed by atoms with Crippen LogP contribution in [-0.2, 0) is 4.74 Å². The highest BCUT2D eigenvalue weighted by atomic mass is 35.5. The molecular formula is C14H26ClNO. The summed E-state index contributed by atoms with van der Waals surface area (Å²) < 4.78 is 5.82. The normalized spacial score (nSPS) is 32.8. The number of hydrogen-bond donors (Lipinski definition) is 1. The third-order valence-electron chi connectivity index (χ3n) is 4.39. The fourth-order valence-corrected chi connectivity index (χ4v) is 3.55. The molecule has 0 bridgehead atoms. The fraction of sp³-hybridized carbons (Fsp3) is 1.00. The summed E-state index contributed by atoms with van der Waals surface area (Å²) in [5.74, 6) is 0.807. The van der Waals surface area contributed by atoms with Crippen LogP contribution in [0.3, 0.4) is 0 Å². The molecule has 0 amide bonds. The van der Waals surface area contributed by atoms with Crippen molar-refractivity contribution in [3.05, 3.63) is 0 Å². The van der Waals surface area contributed by atoms with E-state index in [-0.39, 0.29) is 0 Å². The first-order valence-electron chi connectivity index (χ1n) is 7.16. The molecule has 2 rings (SSSR count). The van der Waals surface area contributed by atoms with E-state index in [0.717, 1.165) is 19.0 Å². The van der Waals surface area contributed by atoms with Crippen molar-refractivity contribution in [2.24, 2.45) is 5.41 Å². The van der Waals surface area contributed by atoms with Crippen LogP contribution in [0.1, 0.15) is 51.9 Å². The van der Waals surface area contributed by atoms with E-state index in [2.05, 4.69) is 12.2 Å². The van der Waals surface area contributed by atoms with E-state index >= 15 is 0 Å². The number of hydrogen-bond acceptors (Lipinski definition) is 2. The summed E-state index contributed by atoms with van der Waals surface area (Å²) in [4.78, 5) is 0. The summed E-state index contributed by atoms with van der Waals surface area (Å²) in [6.07, 6.45) is 10.0. The van der Waals surface area contributed by atoms with Crippen LogP contribution < -0.4 is 5.32 Å². The monoisotopic (exact) mass is 259 g/mol. The van der Waals surface area contributed by atoms with Gasteiger partial charge in [-0.25, -0.2) is 0 Å². The van der Waals surface area contributed by atoms with E-state index in [1.807, 2.05) is 0 Å². The molecule has 0 radical (unpaired) electrons. The summed E-state index contributed by atoms with van der Waals surface area (Å²) in [6.45, 7) is 4.25. The number of alkyl halides is 1. The summed E-state index contributed by atoms with van der Waals surface area (Å²) in [7, 11) is 0. The minimum atomic E-state index is 0.365. The van der Waals surface area contributed by atoms with Gasteiger partial charge in [-0.15, -0.1) is 11.6 Å². The molecule has 2 aliphatic rings. The second-order valence-corrected chi connectivity index (χ2v) is 6.24. The third kappa shape index (κ3) is 3.84. The van der Waals surface area contributed by atoms with E-state index in [9.17, 15) is 0 Å². The Morgan fingerprint density at radius 3 is 2.59 bits per heavy atom. The van der Waals surface area contributed by atoms with Crippen molar-refractivity contribution in [1.82, 2.24) is 5.32 Å². The highest BCUT2D eigenvalue weighted by molar-refractivity contribution is 6.18. The van der Waals surface area contributed by atoms with E-state index < -0.39 is 0 Å². The van der Waals surface area contributed by atoms with Gasteiger partial charge in [0.25, 0.3) is 0 Å². The molecule has 0 aromatic heterocycles. The molecule has 1 saturated heterocycles. The predicted molar refractivity (Wildman–Crippen MR) is 72.7 cm³/mol. The van der Waals surface area contributed by atoms with Crippen LogP contribution in [-0.4, -0.2) is 31.2 Å². The van der Waals surface area contributed by atoms with Gasteiger partial charge in [-0.3, -0.25) is 0 Å². The zero-order valence-electron chi connectivity index (χ0n) is 11.0. The van der Waals surface area contributed by atoms with Crippen molar-refractivity contribution in [3.63, 3.8) is 0 Å². The lowest BCUT2D eigenvalue weighted by Crippen LogP contribution is -2.40. The zero-order valence-corrected chi connectivity index (χ0v) is 11.8. The average molecular weight is 260 g/mol. The van der Waals surface area contributed by atoms with Crippen molar-refractivity contribution < 1.29 is 4.74 Å². The molecule has 100 valence electrons. The molecule has 1 saturated carbocycles. The van der Waals surface area contributed by atoms with Crippen molar-refractivity contribution >= 4 is 11.6 Å². The van der Waals surface area contributed by atoms with Gasteiger partial charge < -0.3 is 10.1 Å². The molecule has 2 nitrogen and oxygen atoms in total. The van der Waals surface area contributed by atoms with Crippen LogP contribution in [0.5, 0.6) is 0 Å². The Bertz CT molecular complexity index is 228. The Balaban J connectivity index is 1.69. The predicted octanol–water partition coefficient (Wildman–Crippen LogP) is 3.33. The standard InChI is InChI=1S/C14H26ClNO/c1-12-5-6-13(17-12)9-16-11-14(10-15)7-3-2-4-8-14/h12-13,16H,2-11H2,1H3. The summed E-state index contributed by atoms with van der Waals surface area (Å²) >= 11 is 6.18. The number of rotatable bonds is 5.